The standard InChI is InChI=1S/C9H20N2OS/c1-2-4-9(12)11-6-3-5-10-7-8-13/h10,13H,2-8H2,1H3,(H,11,12). The molecule has 0 aromatic heterocycles. The first-order valence-corrected chi connectivity index (χ1v) is 5.52. The van der Waals surface area contributed by atoms with Gasteiger partial charge in [0.15, 0.2) is 0 Å². The lowest BCUT2D eigenvalue weighted by Gasteiger charge is -2.04. The molecule has 13 heavy (non-hydrogen) atoms. The van der Waals surface area contributed by atoms with E-state index in [4.69, 9.17) is 0 Å². The van der Waals surface area contributed by atoms with Crippen LogP contribution in [0.2, 0.25) is 0 Å². The lowest BCUT2D eigenvalue weighted by Crippen LogP contribution is -2.27. The number of hydrogen-bond donors (Lipinski definition) is 3. The summed E-state index contributed by atoms with van der Waals surface area (Å²) >= 11 is 4.07. The minimum absolute atomic E-state index is 0.164. The van der Waals surface area contributed by atoms with E-state index in [2.05, 4.69) is 23.3 Å². The molecular formula is C9H20N2OS. The van der Waals surface area contributed by atoms with E-state index >= 15 is 0 Å². The van der Waals surface area contributed by atoms with Crippen molar-refractivity contribution in [2.75, 3.05) is 25.4 Å². The molecule has 0 aromatic rings. The van der Waals surface area contributed by atoms with Gasteiger partial charge in [0.25, 0.3) is 0 Å². The minimum Gasteiger partial charge on any atom is -0.356 e. The van der Waals surface area contributed by atoms with Crippen LogP contribution in [0.3, 0.4) is 0 Å². The summed E-state index contributed by atoms with van der Waals surface area (Å²) in [5.41, 5.74) is 0. The molecule has 0 saturated heterocycles. The molecular weight excluding hydrogens is 184 g/mol. The Bertz CT molecular complexity index is 131. The minimum atomic E-state index is 0.164. The van der Waals surface area contributed by atoms with E-state index in [9.17, 15) is 4.79 Å². The third-order valence-corrected chi connectivity index (χ3v) is 1.84. The third-order valence-electron chi connectivity index (χ3n) is 1.62. The van der Waals surface area contributed by atoms with Crippen molar-refractivity contribution in [2.45, 2.75) is 26.2 Å². The zero-order chi connectivity index (χ0) is 9.94. The number of amides is 1. The maximum Gasteiger partial charge on any atom is 0.219 e. The summed E-state index contributed by atoms with van der Waals surface area (Å²) in [5, 5.41) is 6.08. The first kappa shape index (κ1) is 12.8. The second kappa shape index (κ2) is 9.86. The van der Waals surface area contributed by atoms with Crippen LogP contribution in [0.25, 0.3) is 0 Å². The predicted octanol–water partition coefficient (Wildman–Crippen LogP) is 0.812. The summed E-state index contributed by atoms with van der Waals surface area (Å²) < 4.78 is 0. The van der Waals surface area contributed by atoms with E-state index in [1.165, 1.54) is 0 Å². The second-order valence-electron chi connectivity index (χ2n) is 2.93. The molecule has 2 N–H and O–H groups in total. The lowest BCUT2D eigenvalue weighted by molar-refractivity contribution is -0.121. The highest BCUT2D eigenvalue weighted by Crippen LogP contribution is 1.85. The SMILES string of the molecule is CCCC(=O)NCCCNCCS. The number of nitrogens with one attached hydrogen (secondary N) is 2. The Morgan fingerprint density at radius 2 is 2.08 bits per heavy atom. The Hall–Kier alpha value is -0.220. The maximum atomic E-state index is 11.0. The quantitative estimate of drug-likeness (QED) is 0.404. The van der Waals surface area contributed by atoms with E-state index in [1.54, 1.807) is 0 Å². The molecule has 0 atom stereocenters. The monoisotopic (exact) mass is 204 g/mol. The molecule has 0 unspecified atom stereocenters. The summed E-state index contributed by atoms with van der Waals surface area (Å²) in [6, 6.07) is 0. The summed E-state index contributed by atoms with van der Waals surface area (Å²) in [4.78, 5) is 11.0. The van der Waals surface area contributed by atoms with Crippen molar-refractivity contribution in [3.05, 3.63) is 0 Å². The fraction of sp³-hybridized carbons (Fsp3) is 0.889. The van der Waals surface area contributed by atoms with Gasteiger partial charge in [-0.05, 0) is 19.4 Å². The molecule has 0 rings (SSSR count). The first-order chi connectivity index (χ1) is 6.31. The van der Waals surface area contributed by atoms with Crippen molar-refractivity contribution in [2.24, 2.45) is 0 Å². The molecule has 0 saturated carbocycles. The largest absolute Gasteiger partial charge is 0.356 e. The maximum absolute atomic E-state index is 11.0. The molecule has 1 amide bonds. The molecule has 0 aliphatic heterocycles. The van der Waals surface area contributed by atoms with Gasteiger partial charge in [0.05, 0.1) is 0 Å². The first-order valence-electron chi connectivity index (χ1n) is 4.89. The summed E-state index contributed by atoms with van der Waals surface area (Å²) in [7, 11) is 0. The van der Waals surface area contributed by atoms with Crippen molar-refractivity contribution in [1.82, 2.24) is 10.6 Å². The van der Waals surface area contributed by atoms with Crippen molar-refractivity contribution in [1.29, 1.82) is 0 Å². The van der Waals surface area contributed by atoms with Crippen LogP contribution in [-0.2, 0) is 4.79 Å². The summed E-state index contributed by atoms with van der Waals surface area (Å²) in [6.07, 6.45) is 2.55. The average Bonchev–Trinajstić information content (AvgIpc) is 2.11. The van der Waals surface area contributed by atoms with E-state index in [0.717, 1.165) is 38.2 Å². The summed E-state index contributed by atoms with van der Waals surface area (Å²) in [6.45, 7) is 4.67. The van der Waals surface area contributed by atoms with Gasteiger partial charge in [0, 0.05) is 25.3 Å². The fourth-order valence-electron chi connectivity index (χ4n) is 0.961. The molecule has 0 fully saturated rings. The Labute approximate surface area is 86.1 Å². The van der Waals surface area contributed by atoms with Gasteiger partial charge in [-0.25, -0.2) is 0 Å². The topological polar surface area (TPSA) is 41.1 Å². The molecule has 0 bridgehead atoms. The molecule has 0 aromatic carbocycles. The van der Waals surface area contributed by atoms with Crippen LogP contribution in [-0.4, -0.2) is 31.3 Å². The average molecular weight is 204 g/mol. The smallest absolute Gasteiger partial charge is 0.219 e. The number of hydrogen-bond acceptors (Lipinski definition) is 3. The molecule has 3 nitrogen and oxygen atoms in total. The predicted molar refractivity (Wildman–Crippen MR) is 59.3 cm³/mol. The van der Waals surface area contributed by atoms with E-state index in [1.807, 2.05) is 6.92 Å². The molecule has 0 heterocycles. The van der Waals surface area contributed by atoms with Crippen LogP contribution in [0.1, 0.15) is 26.2 Å². The third kappa shape index (κ3) is 9.70. The summed E-state index contributed by atoms with van der Waals surface area (Å²) in [5.74, 6) is 1.03. The zero-order valence-corrected chi connectivity index (χ0v) is 9.20. The van der Waals surface area contributed by atoms with Gasteiger partial charge in [0.1, 0.15) is 0 Å². The molecule has 0 spiro atoms. The van der Waals surface area contributed by atoms with Gasteiger partial charge in [0.2, 0.25) is 5.91 Å². The number of thiol groups is 1. The van der Waals surface area contributed by atoms with Gasteiger partial charge in [-0.1, -0.05) is 6.92 Å². The van der Waals surface area contributed by atoms with E-state index in [0.29, 0.717) is 6.42 Å². The Kier molecular flexibility index (Phi) is 9.70. The molecule has 4 heteroatoms. The fourth-order valence-corrected chi connectivity index (χ4v) is 1.12. The van der Waals surface area contributed by atoms with E-state index in [-0.39, 0.29) is 5.91 Å². The van der Waals surface area contributed by atoms with Crippen LogP contribution in [0.4, 0.5) is 0 Å². The zero-order valence-electron chi connectivity index (χ0n) is 8.31. The number of carbonyl (C=O) groups excluding carboxylic acids is 1. The van der Waals surface area contributed by atoms with Crippen molar-refractivity contribution in [3.8, 4) is 0 Å². The van der Waals surface area contributed by atoms with Crippen LogP contribution >= 0.6 is 12.6 Å². The van der Waals surface area contributed by atoms with Gasteiger partial charge in [-0.3, -0.25) is 4.79 Å². The molecule has 0 aliphatic carbocycles. The highest BCUT2D eigenvalue weighted by atomic mass is 32.1. The van der Waals surface area contributed by atoms with Crippen molar-refractivity contribution in [3.63, 3.8) is 0 Å². The molecule has 0 radical (unpaired) electrons. The van der Waals surface area contributed by atoms with Gasteiger partial charge >= 0.3 is 0 Å². The Balaban J connectivity index is 3.02. The molecule has 78 valence electrons. The van der Waals surface area contributed by atoms with Crippen molar-refractivity contribution < 1.29 is 4.79 Å². The van der Waals surface area contributed by atoms with Crippen LogP contribution in [0.5, 0.6) is 0 Å². The van der Waals surface area contributed by atoms with Gasteiger partial charge < -0.3 is 10.6 Å². The second-order valence-corrected chi connectivity index (χ2v) is 3.37. The van der Waals surface area contributed by atoms with Crippen LogP contribution in [0.15, 0.2) is 0 Å². The normalized spacial score (nSPS) is 10.0. The highest BCUT2D eigenvalue weighted by Gasteiger charge is 1.96. The van der Waals surface area contributed by atoms with Gasteiger partial charge in [-0.2, -0.15) is 12.6 Å². The Morgan fingerprint density at radius 3 is 2.69 bits per heavy atom. The van der Waals surface area contributed by atoms with E-state index < -0.39 is 0 Å². The van der Waals surface area contributed by atoms with Crippen molar-refractivity contribution >= 4 is 18.5 Å². The van der Waals surface area contributed by atoms with Crippen LogP contribution < -0.4 is 10.6 Å². The number of carbonyl (C=O) groups is 1. The van der Waals surface area contributed by atoms with Gasteiger partial charge in [-0.15, -0.1) is 0 Å². The lowest BCUT2D eigenvalue weighted by atomic mass is 10.3. The molecule has 0 aliphatic rings. The highest BCUT2D eigenvalue weighted by molar-refractivity contribution is 7.80. The number of rotatable bonds is 8. The Morgan fingerprint density at radius 1 is 1.31 bits per heavy atom. The van der Waals surface area contributed by atoms with Crippen LogP contribution in [0, 0.1) is 0 Å².